The fourth-order valence-corrected chi connectivity index (χ4v) is 1.57. The molecule has 0 saturated carbocycles. The highest BCUT2D eigenvalue weighted by atomic mass is 16.5. The van der Waals surface area contributed by atoms with E-state index < -0.39 is 17.8 Å². The molecule has 0 aromatic heterocycles. The Morgan fingerprint density at radius 3 is 1.91 bits per heavy atom. The lowest BCUT2D eigenvalue weighted by Crippen LogP contribution is -2.14. The van der Waals surface area contributed by atoms with Gasteiger partial charge in [-0.1, -0.05) is 24.3 Å². The number of nitrogens with two attached hydrogens (primary N) is 1. The third kappa shape index (κ3) is 5.50. The van der Waals surface area contributed by atoms with E-state index in [4.69, 9.17) is 20.7 Å². The summed E-state index contributed by atoms with van der Waals surface area (Å²) in [6.07, 6.45) is 0. The van der Waals surface area contributed by atoms with E-state index in [0.29, 0.717) is 0 Å². The average molecular weight is 317 g/mol. The summed E-state index contributed by atoms with van der Waals surface area (Å²) >= 11 is 0. The molecule has 4 N–H and O–H groups in total. The van der Waals surface area contributed by atoms with Gasteiger partial charge in [-0.3, -0.25) is 9.59 Å². The maximum atomic E-state index is 10.8. The molecule has 2 aromatic carbocycles. The predicted molar refractivity (Wildman–Crippen MR) is 81.3 cm³/mol. The van der Waals surface area contributed by atoms with E-state index in [1.54, 1.807) is 24.3 Å². The van der Waals surface area contributed by atoms with Crippen LogP contribution < -0.4 is 10.5 Å². The smallest absolute Gasteiger partial charge is 0.339 e. The molecule has 0 spiro atoms. The van der Waals surface area contributed by atoms with Crippen LogP contribution in [0.1, 0.15) is 27.6 Å². The molecular formula is C16H15NO6. The minimum atomic E-state index is -1.11. The normalized spacial score (nSPS) is 9.26. The van der Waals surface area contributed by atoms with Gasteiger partial charge in [0.15, 0.2) is 0 Å². The number of ether oxygens (including phenoxy) is 1. The highest BCUT2D eigenvalue weighted by Gasteiger charge is 2.09. The van der Waals surface area contributed by atoms with E-state index in [2.05, 4.69) is 0 Å². The molecule has 0 unspecified atom stereocenters. The maximum Gasteiger partial charge on any atom is 0.339 e. The van der Waals surface area contributed by atoms with Crippen LogP contribution in [0.4, 0.5) is 0 Å². The Labute approximate surface area is 131 Å². The molecule has 0 aliphatic carbocycles. The zero-order valence-electron chi connectivity index (χ0n) is 12.2. The lowest BCUT2D eigenvalue weighted by Gasteiger charge is -2.04. The number of carbonyl (C=O) groups excluding carboxylic acids is 2. The summed E-state index contributed by atoms with van der Waals surface area (Å²) in [6.45, 7) is 1.26. The Morgan fingerprint density at radius 1 is 0.957 bits per heavy atom. The second-order valence-corrected chi connectivity index (χ2v) is 4.28. The number of carboxylic acids is 1. The number of hydrogen-bond acceptors (Lipinski definition) is 5. The first kappa shape index (κ1) is 17.7. The van der Waals surface area contributed by atoms with Crippen LogP contribution in [0.25, 0.3) is 0 Å². The number of carbonyl (C=O) groups is 3. The van der Waals surface area contributed by atoms with Crippen molar-refractivity contribution in [2.24, 2.45) is 5.73 Å². The van der Waals surface area contributed by atoms with Crippen LogP contribution in [0.15, 0.2) is 48.5 Å². The van der Waals surface area contributed by atoms with Crippen LogP contribution in [-0.4, -0.2) is 28.1 Å². The van der Waals surface area contributed by atoms with Crippen molar-refractivity contribution >= 4 is 17.8 Å². The van der Waals surface area contributed by atoms with E-state index >= 15 is 0 Å². The summed E-state index contributed by atoms with van der Waals surface area (Å²) in [7, 11) is 0. The molecule has 0 bridgehead atoms. The van der Waals surface area contributed by atoms with E-state index in [9.17, 15) is 14.4 Å². The highest BCUT2D eigenvalue weighted by molar-refractivity contribution is 5.96. The predicted octanol–water partition coefficient (Wildman–Crippen LogP) is 1.80. The van der Waals surface area contributed by atoms with Crippen molar-refractivity contribution < 1.29 is 29.3 Å². The van der Waals surface area contributed by atoms with Gasteiger partial charge in [-0.25, -0.2) is 4.79 Å². The fraction of sp³-hybridized carbons (Fsp3) is 0.0625. The Bertz CT molecular complexity index is 726. The number of aromatic hydroxyl groups is 1. The van der Waals surface area contributed by atoms with Crippen molar-refractivity contribution in [1.29, 1.82) is 0 Å². The van der Waals surface area contributed by atoms with Gasteiger partial charge in [0, 0.05) is 6.92 Å². The van der Waals surface area contributed by atoms with Crippen molar-refractivity contribution in [2.45, 2.75) is 6.92 Å². The zero-order chi connectivity index (χ0) is 17.4. The summed E-state index contributed by atoms with van der Waals surface area (Å²) in [4.78, 5) is 31.7. The van der Waals surface area contributed by atoms with Gasteiger partial charge < -0.3 is 20.7 Å². The minimum absolute atomic E-state index is 0.0671. The quantitative estimate of drug-likeness (QED) is 0.585. The lowest BCUT2D eigenvalue weighted by atomic mass is 10.2. The summed E-state index contributed by atoms with van der Waals surface area (Å²) < 4.78 is 4.77. The number of primary amides is 1. The van der Waals surface area contributed by atoms with Gasteiger partial charge in [-0.05, 0) is 24.3 Å². The number of para-hydroxylation sites is 2. The van der Waals surface area contributed by atoms with Gasteiger partial charge in [0.2, 0.25) is 0 Å². The number of esters is 1. The van der Waals surface area contributed by atoms with E-state index in [1.165, 1.54) is 31.2 Å². The highest BCUT2D eigenvalue weighted by Crippen LogP contribution is 2.17. The van der Waals surface area contributed by atoms with Crippen molar-refractivity contribution in [3.63, 3.8) is 0 Å². The third-order valence-electron chi connectivity index (χ3n) is 2.54. The van der Waals surface area contributed by atoms with Crippen molar-refractivity contribution in [3.8, 4) is 11.5 Å². The van der Waals surface area contributed by atoms with Crippen LogP contribution in [-0.2, 0) is 4.79 Å². The largest absolute Gasteiger partial charge is 0.507 e. The minimum Gasteiger partial charge on any atom is -0.507 e. The maximum absolute atomic E-state index is 10.8. The van der Waals surface area contributed by atoms with E-state index in [1.807, 2.05) is 0 Å². The molecule has 0 atom stereocenters. The molecule has 7 heteroatoms. The van der Waals surface area contributed by atoms with Crippen molar-refractivity contribution in [3.05, 3.63) is 59.7 Å². The van der Waals surface area contributed by atoms with E-state index in [0.717, 1.165) is 0 Å². The SMILES string of the molecule is CC(=O)Oc1ccccc1C(N)=O.O=C(O)c1ccccc1O. The molecule has 120 valence electrons. The number of aromatic carboxylic acids is 1. The summed E-state index contributed by atoms with van der Waals surface area (Å²) in [5, 5.41) is 17.3. The van der Waals surface area contributed by atoms with Crippen LogP contribution >= 0.6 is 0 Å². The molecule has 2 aromatic rings. The number of carboxylic acid groups (broad SMARTS) is 1. The first-order valence-corrected chi connectivity index (χ1v) is 6.41. The average Bonchev–Trinajstić information content (AvgIpc) is 2.47. The van der Waals surface area contributed by atoms with Crippen LogP contribution in [0.5, 0.6) is 11.5 Å². The summed E-state index contributed by atoms with van der Waals surface area (Å²) in [6, 6.07) is 12.1. The van der Waals surface area contributed by atoms with Gasteiger partial charge in [0.1, 0.15) is 17.1 Å². The standard InChI is InChI=1S/C9H9NO3.C7H6O3/c1-6(11)13-8-5-3-2-4-7(8)9(10)12;8-6-4-2-1-3-5(6)7(9)10/h2-5H,1H3,(H2,10,12);1-4,8H,(H,9,10). The van der Waals surface area contributed by atoms with Crippen LogP contribution in [0.3, 0.4) is 0 Å². The molecule has 0 saturated heterocycles. The molecule has 1 amide bonds. The van der Waals surface area contributed by atoms with Gasteiger partial charge in [-0.2, -0.15) is 0 Å². The molecule has 0 heterocycles. The molecule has 2 rings (SSSR count). The lowest BCUT2D eigenvalue weighted by molar-refractivity contribution is -0.131. The first-order chi connectivity index (χ1) is 10.8. The molecule has 0 radical (unpaired) electrons. The van der Waals surface area contributed by atoms with Gasteiger partial charge in [-0.15, -0.1) is 0 Å². The Hall–Kier alpha value is -3.35. The fourth-order valence-electron chi connectivity index (χ4n) is 1.57. The number of benzene rings is 2. The van der Waals surface area contributed by atoms with Gasteiger partial charge in [0.25, 0.3) is 5.91 Å². The van der Waals surface area contributed by atoms with Crippen LogP contribution in [0, 0.1) is 0 Å². The summed E-state index contributed by atoms with van der Waals surface area (Å²) in [5.74, 6) is -2.21. The van der Waals surface area contributed by atoms with Crippen molar-refractivity contribution in [1.82, 2.24) is 0 Å². The number of hydrogen-bond donors (Lipinski definition) is 3. The second-order valence-electron chi connectivity index (χ2n) is 4.28. The molecular weight excluding hydrogens is 302 g/mol. The Kier molecular flexibility index (Phi) is 6.30. The first-order valence-electron chi connectivity index (χ1n) is 6.41. The van der Waals surface area contributed by atoms with E-state index in [-0.39, 0.29) is 22.6 Å². The zero-order valence-corrected chi connectivity index (χ0v) is 12.2. The summed E-state index contributed by atoms with van der Waals surface area (Å²) in [5.41, 5.74) is 5.20. The Balaban J connectivity index is 0.000000238. The molecule has 0 aliphatic rings. The molecule has 0 aliphatic heterocycles. The number of phenols is 1. The Morgan fingerprint density at radius 2 is 1.48 bits per heavy atom. The monoisotopic (exact) mass is 317 g/mol. The van der Waals surface area contributed by atoms with Gasteiger partial charge in [0.05, 0.1) is 5.56 Å². The van der Waals surface area contributed by atoms with Crippen molar-refractivity contribution in [2.75, 3.05) is 0 Å². The molecule has 23 heavy (non-hydrogen) atoms. The third-order valence-corrected chi connectivity index (χ3v) is 2.54. The molecule has 0 fully saturated rings. The molecule has 7 nitrogen and oxygen atoms in total. The van der Waals surface area contributed by atoms with Crippen LogP contribution in [0.2, 0.25) is 0 Å². The van der Waals surface area contributed by atoms with Gasteiger partial charge >= 0.3 is 11.9 Å². The second kappa shape index (κ2) is 8.18. The topological polar surface area (TPSA) is 127 Å². The number of rotatable bonds is 3. The number of amides is 1.